The van der Waals surface area contributed by atoms with Gasteiger partial charge in [0.25, 0.3) is 0 Å². The van der Waals surface area contributed by atoms with Crippen molar-refractivity contribution in [1.29, 1.82) is 0 Å². The molecule has 0 aliphatic heterocycles. The lowest BCUT2D eigenvalue weighted by Gasteiger charge is -2.36. The third-order valence-corrected chi connectivity index (χ3v) is 4.06. The molecule has 1 fully saturated rings. The van der Waals surface area contributed by atoms with Gasteiger partial charge in [0.15, 0.2) is 5.65 Å². The molecule has 0 radical (unpaired) electrons. The second kappa shape index (κ2) is 4.81. The average Bonchev–Trinajstić information content (AvgIpc) is 2.85. The zero-order chi connectivity index (χ0) is 13.4. The Hall–Kier alpha value is -1.62. The fraction of sp³-hybridized carbons (Fsp3) is 0.571. The van der Waals surface area contributed by atoms with E-state index in [0.717, 1.165) is 36.3 Å². The van der Waals surface area contributed by atoms with Crippen LogP contribution in [0.1, 0.15) is 31.2 Å². The number of hydrogen-bond donors (Lipinski definition) is 1. The van der Waals surface area contributed by atoms with Crippen LogP contribution in [0.3, 0.4) is 0 Å². The Morgan fingerprint density at radius 2 is 2.11 bits per heavy atom. The number of likely N-dealkylation sites (N-methyl/N-ethyl adjacent to an activating group) is 1. The maximum atomic E-state index is 10.2. The van der Waals surface area contributed by atoms with Gasteiger partial charge in [-0.2, -0.15) is 9.61 Å². The lowest BCUT2D eigenvalue weighted by atomic mass is 9.91. The third-order valence-electron chi connectivity index (χ3n) is 4.06. The standard InChI is InChI=1S/C14H20N4O/c1-10-7-13-15-9-16-18(13)14(8-10)17(2)11-5-3-4-6-12(11)19/h7-9,11-12,19H,3-6H2,1-2H3. The molecule has 5 heteroatoms. The highest BCUT2D eigenvalue weighted by atomic mass is 16.3. The number of aliphatic hydroxyl groups is 1. The van der Waals surface area contributed by atoms with E-state index in [1.807, 2.05) is 17.6 Å². The Morgan fingerprint density at radius 1 is 1.32 bits per heavy atom. The van der Waals surface area contributed by atoms with Crippen molar-refractivity contribution in [2.24, 2.45) is 0 Å². The van der Waals surface area contributed by atoms with Crippen LogP contribution >= 0.6 is 0 Å². The summed E-state index contributed by atoms with van der Waals surface area (Å²) in [5, 5.41) is 14.5. The third kappa shape index (κ3) is 2.18. The van der Waals surface area contributed by atoms with E-state index in [0.29, 0.717) is 0 Å². The van der Waals surface area contributed by atoms with Gasteiger partial charge in [-0.3, -0.25) is 0 Å². The maximum Gasteiger partial charge on any atom is 0.157 e. The summed E-state index contributed by atoms with van der Waals surface area (Å²) in [6.07, 6.45) is 5.54. The van der Waals surface area contributed by atoms with Gasteiger partial charge < -0.3 is 10.0 Å². The molecule has 2 aromatic rings. The first-order valence-corrected chi connectivity index (χ1v) is 6.88. The first kappa shape index (κ1) is 12.4. The van der Waals surface area contributed by atoms with Gasteiger partial charge in [0.05, 0.1) is 12.1 Å². The fourth-order valence-electron chi connectivity index (χ4n) is 3.00. The molecule has 0 amide bonds. The molecule has 2 unspecified atom stereocenters. The number of aryl methyl sites for hydroxylation is 1. The molecule has 3 rings (SSSR count). The van der Waals surface area contributed by atoms with E-state index >= 15 is 0 Å². The molecular weight excluding hydrogens is 240 g/mol. The van der Waals surface area contributed by atoms with Crippen molar-refractivity contribution < 1.29 is 5.11 Å². The first-order chi connectivity index (χ1) is 9.16. The number of nitrogens with zero attached hydrogens (tertiary/aromatic N) is 4. The van der Waals surface area contributed by atoms with E-state index in [1.54, 1.807) is 6.33 Å². The molecule has 0 aromatic carbocycles. The maximum absolute atomic E-state index is 10.2. The Morgan fingerprint density at radius 3 is 2.89 bits per heavy atom. The molecule has 1 saturated carbocycles. The monoisotopic (exact) mass is 260 g/mol. The minimum absolute atomic E-state index is 0.169. The van der Waals surface area contributed by atoms with E-state index in [2.05, 4.69) is 28.0 Å². The SMILES string of the molecule is Cc1cc(N(C)C2CCCCC2O)n2ncnc2c1. The molecule has 1 aliphatic carbocycles. The quantitative estimate of drug-likeness (QED) is 0.894. The van der Waals surface area contributed by atoms with Gasteiger partial charge in [0, 0.05) is 7.05 Å². The highest BCUT2D eigenvalue weighted by Gasteiger charge is 2.28. The van der Waals surface area contributed by atoms with Gasteiger partial charge in [0.2, 0.25) is 0 Å². The predicted octanol–water partition coefficient (Wildman–Crippen LogP) is 1.78. The van der Waals surface area contributed by atoms with Crippen molar-refractivity contribution in [3.05, 3.63) is 24.0 Å². The minimum atomic E-state index is -0.252. The molecule has 19 heavy (non-hydrogen) atoms. The molecule has 0 saturated heterocycles. The van der Waals surface area contributed by atoms with Gasteiger partial charge in [-0.25, -0.2) is 4.98 Å². The lowest BCUT2D eigenvalue weighted by Crippen LogP contribution is -2.44. The Kier molecular flexibility index (Phi) is 3.14. The molecule has 0 spiro atoms. The van der Waals surface area contributed by atoms with E-state index in [-0.39, 0.29) is 12.1 Å². The summed E-state index contributed by atoms with van der Waals surface area (Å²) in [7, 11) is 2.04. The number of rotatable bonds is 2. The molecule has 5 nitrogen and oxygen atoms in total. The van der Waals surface area contributed by atoms with Crippen LogP contribution in [-0.4, -0.2) is 38.9 Å². The first-order valence-electron chi connectivity index (χ1n) is 6.88. The molecule has 2 heterocycles. The van der Waals surface area contributed by atoms with E-state index in [9.17, 15) is 5.11 Å². The molecule has 2 aromatic heterocycles. The van der Waals surface area contributed by atoms with E-state index in [4.69, 9.17) is 0 Å². The van der Waals surface area contributed by atoms with Crippen molar-refractivity contribution >= 4 is 11.5 Å². The minimum Gasteiger partial charge on any atom is -0.391 e. The van der Waals surface area contributed by atoms with Crippen LogP contribution in [0.15, 0.2) is 18.5 Å². The van der Waals surface area contributed by atoms with Crippen LogP contribution in [0.25, 0.3) is 5.65 Å². The van der Waals surface area contributed by atoms with Crippen LogP contribution in [0.2, 0.25) is 0 Å². The smallest absolute Gasteiger partial charge is 0.157 e. The topological polar surface area (TPSA) is 53.7 Å². The molecule has 1 aliphatic rings. The predicted molar refractivity (Wildman–Crippen MR) is 74.4 cm³/mol. The summed E-state index contributed by atoms with van der Waals surface area (Å²) in [5.41, 5.74) is 2.01. The van der Waals surface area contributed by atoms with Crippen molar-refractivity contribution in [3.63, 3.8) is 0 Å². The second-order valence-corrected chi connectivity index (χ2v) is 5.45. The Balaban J connectivity index is 2.00. The summed E-state index contributed by atoms with van der Waals surface area (Å²) < 4.78 is 1.84. The second-order valence-electron chi connectivity index (χ2n) is 5.45. The van der Waals surface area contributed by atoms with Gasteiger partial charge in [-0.1, -0.05) is 12.8 Å². The average molecular weight is 260 g/mol. The number of pyridine rings is 1. The lowest BCUT2D eigenvalue weighted by molar-refractivity contribution is 0.106. The number of aliphatic hydroxyl groups excluding tert-OH is 1. The molecule has 2 atom stereocenters. The number of anilines is 1. The van der Waals surface area contributed by atoms with Crippen LogP contribution in [0, 0.1) is 6.92 Å². The van der Waals surface area contributed by atoms with E-state index in [1.165, 1.54) is 6.42 Å². The van der Waals surface area contributed by atoms with Gasteiger partial charge >= 0.3 is 0 Å². The Labute approximate surface area is 112 Å². The summed E-state index contributed by atoms with van der Waals surface area (Å²) in [4.78, 5) is 6.40. The van der Waals surface area contributed by atoms with Crippen molar-refractivity contribution in [1.82, 2.24) is 14.6 Å². The summed E-state index contributed by atoms with van der Waals surface area (Å²) in [5.74, 6) is 0.999. The van der Waals surface area contributed by atoms with Crippen molar-refractivity contribution in [2.45, 2.75) is 44.8 Å². The van der Waals surface area contributed by atoms with Crippen molar-refractivity contribution in [2.75, 3.05) is 11.9 Å². The summed E-state index contributed by atoms with van der Waals surface area (Å²) in [6, 6.07) is 4.29. The largest absolute Gasteiger partial charge is 0.391 e. The number of fused-ring (bicyclic) bond motifs is 1. The van der Waals surface area contributed by atoms with Gasteiger partial charge in [-0.15, -0.1) is 0 Å². The van der Waals surface area contributed by atoms with Gasteiger partial charge in [-0.05, 0) is 37.5 Å². The van der Waals surface area contributed by atoms with E-state index < -0.39 is 0 Å². The molecule has 0 bridgehead atoms. The number of hydrogen-bond acceptors (Lipinski definition) is 4. The summed E-state index contributed by atoms with van der Waals surface area (Å²) in [6.45, 7) is 2.06. The van der Waals surface area contributed by atoms with Crippen LogP contribution in [0.5, 0.6) is 0 Å². The Bertz CT molecular complexity index is 580. The number of aromatic nitrogens is 3. The summed E-state index contributed by atoms with van der Waals surface area (Å²) >= 11 is 0. The fourth-order valence-corrected chi connectivity index (χ4v) is 3.00. The van der Waals surface area contributed by atoms with Crippen LogP contribution in [-0.2, 0) is 0 Å². The highest BCUT2D eigenvalue weighted by molar-refractivity contribution is 5.53. The highest BCUT2D eigenvalue weighted by Crippen LogP contribution is 2.27. The normalized spacial score (nSPS) is 23.7. The van der Waals surface area contributed by atoms with Crippen LogP contribution < -0.4 is 4.90 Å². The van der Waals surface area contributed by atoms with Gasteiger partial charge in [0.1, 0.15) is 12.1 Å². The molecular formula is C14H20N4O. The van der Waals surface area contributed by atoms with Crippen molar-refractivity contribution in [3.8, 4) is 0 Å². The van der Waals surface area contributed by atoms with Crippen LogP contribution in [0.4, 0.5) is 5.82 Å². The molecule has 102 valence electrons. The zero-order valence-electron chi connectivity index (χ0n) is 11.5. The molecule has 1 N–H and O–H groups in total. The zero-order valence-corrected chi connectivity index (χ0v) is 11.5.